The summed E-state index contributed by atoms with van der Waals surface area (Å²) < 4.78 is 5.34. The van der Waals surface area contributed by atoms with Crippen LogP contribution >= 0.6 is 0 Å². The number of aryl methyl sites for hydroxylation is 1. The van der Waals surface area contributed by atoms with Crippen LogP contribution in [-0.2, 0) is 20.7 Å². The van der Waals surface area contributed by atoms with E-state index in [0.29, 0.717) is 6.54 Å². The zero-order chi connectivity index (χ0) is 27.3. The van der Waals surface area contributed by atoms with Gasteiger partial charge in [-0.25, -0.2) is 4.79 Å². The van der Waals surface area contributed by atoms with E-state index >= 15 is 0 Å². The molecule has 0 heterocycles. The molecule has 2 N–H and O–H groups in total. The largest absolute Gasteiger partial charge is 0.444 e. The molecule has 0 aliphatic rings. The van der Waals surface area contributed by atoms with Gasteiger partial charge in [-0.05, 0) is 65.5 Å². The predicted octanol–water partition coefficient (Wildman–Crippen LogP) is 5.92. The van der Waals surface area contributed by atoms with Gasteiger partial charge in [0.05, 0.1) is 0 Å². The summed E-state index contributed by atoms with van der Waals surface area (Å²) in [6.45, 7) is 15.5. The second kappa shape index (κ2) is 15.5. The van der Waals surface area contributed by atoms with Crippen LogP contribution in [0.1, 0.15) is 111 Å². The summed E-state index contributed by atoms with van der Waals surface area (Å²) in [7, 11) is 0. The number of alkyl carbamates (subject to hydrolysis) is 1. The van der Waals surface area contributed by atoms with Crippen LogP contribution in [0.25, 0.3) is 0 Å². The fourth-order valence-corrected chi connectivity index (χ4v) is 4.00. The van der Waals surface area contributed by atoms with Gasteiger partial charge in [0, 0.05) is 12.6 Å². The van der Waals surface area contributed by atoms with Crippen LogP contribution in [0.5, 0.6) is 0 Å². The van der Waals surface area contributed by atoms with Gasteiger partial charge in [-0.15, -0.1) is 0 Å². The first-order chi connectivity index (χ1) is 16.9. The first kappa shape index (κ1) is 31.5. The second-order valence-corrected chi connectivity index (χ2v) is 10.8. The van der Waals surface area contributed by atoms with Crippen LogP contribution in [-0.4, -0.2) is 47.0 Å². The number of hydrogen-bond donors (Lipinski definition) is 2. The summed E-state index contributed by atoms with van der Waals surface area (Å²) in [5.41, 5.74) is 1.25. The maximum atomic E-state index is 13.7. The first-order valence-corrected chi connectivity index (χ1v) is 13.6. The number of nitrogens with zero attached hydrogens (tertiary/aromatic N) is 1. The van der Waals surface area contributed by atoms with Crippen molar-refractivity contribution >= 4 is 17.9 Å². The normalized spacial score (nSPS) is 13.1. The summed E-state index contributed by atoms with van der Waals surface area (Å²) in [4.78, 5) is 41.1. The summed E-state index contributed by atoms with van der Waals surface area (Å²) in [5.74, 6) is -0.532. The van der Waals surface area contributed by atoms with E-state index in [1.807, 2.05) is 38.1 Å². The third-order valence-electron chi connectivity index (χ3n) is 5.83. The molecule has 0 spiro atoms. The van der Waals surface area contributed by atoms with Crippen molar-refractivity contribution in [2.75, 3.05) is 6.54 Å². The minimum atomic E-state index is -0.843. The predicted molar refractivity (Wildman–Crippen MR) is 146 cm³/mol. The first-order valence-electron chi connectivity index (χ1n) is 13.6. The Bertz CT molecular complexity index is 815. The number of amides is 3. The van der Waals surface area contributed by atoms with Crippen molar-refractivity contribution in [2.24, 2.45) is 0 Å². The van der Waals surface area contributed by atoms with E-state index in [9.17, 15) is 14.4 Å². The van der Waals surface area contributed by atoms with Gasteiger partial charge in [0.2, 0.25) is 11.8 Å². The third-order valence-corrected chi connectivity index (χ3v) is 5.83. The summed E-state index contributed by atoms with van der Waals surface area (Å²) in [6.07, 6.45) is 6.62. The SMILES string of the molecule is CCCCCCCCN(C(=O)C(C)NC(=O)OC(C)(C)C)C(C(=O)NC(C)C)c1ccc(CC)cc1. The van der Waals surface area contributed by atoms with Crippen molar-refractivity contribution in [1.29, 1.82) is 0 Å². The highest BCUT2D eigenvalue weighted by Crippen LogP contribution is 2.25. The highest BCUT2D eigenvalue weighted by Gasteiger charge is 2.34. The van der Waals surface area contributed by atoms with Gasteiger partial charge >= 0.3 is 6.09 Å². The van der Waals surface area contributed by atoms with Gasteiger partial charge in [-0.2, -0.15) is 0 Å². The quantitative estimate of drug-likeness (QED) is 0.309. The van der Waals surface area contributed by atoms with Crippen LogP contribution in [0.4, 0.5) is 4.79 Å². The monoisotopic (exact) mass is 503 g/mol. The Morgan fingerprint density at radius 1 is 0.889 bits per heavy atom. The molecule has 2 atom stereocenters. The van der Waals surface area contributed by atoms with Crippen LogP contribution in [0.3, 0.4) is 0 Å². The molecule has 0 aliphatic heterocycles. The van der Waals surface area contributed by atoms with Gasteiger partial charge in [0.1, 0.15) is 17.7 Å². The number of unbranched alkanes of at least 4 members (excludes halogenated alkanes) is 5. The molecule has 2 unspecified atom stereocenters. The topological polar surface area (TPSA) is 87.7 Å². The molecule has 36 heavy (non-hydrogen) atoms. The lowest BCUT2D eigenvalue weighted by Crippen LogP contribution is -2.52. The maximum Gasteiger partial charge on any atom is 0.408 e. The Morgan fingerprint density at radius 3 is 2.00 bits per heavy atom. The number of carbonyl (C=O) groups is 3. The highest BCUT2D eigenvalue weighted by atomic mass is 16.6. The minimum absolute atomic E-state index is 0.0711. The molecule has 0 bridgehead atoms. The molecule has 0 saturated heterocycles. The van der Waals surface area contributed by atoms with Gasteiger partial charge in [-0.1, -0.05) is 70.2 Å². The van der Waals surface area contributed by atoms with Crippen molar-refractivity contribution in [3.63, 3.8) is 0 Å². The third kappa shape index (κ3) is 11.4. The van der Waals surface area contributed by atoms with E-state index in [1.54, 1.807) is 32.6 Å². The lowest BCUT2D eigenvalue weighted by molar-refractivity contribution is -0.142. The van der Waals surface area contributed by atoms with Crippen molar-refractivity contribution in [3.8, 4) is 0 Å². The lowest BCUT2D eigenvalue weighted by atomic mass is 9.99. The van der Waals surface area contributed by atoms with Crippen LogP contribution in [0, 0.1) is 0 Å². The number of ether oxygens (including phenoxy) is 1. The number of rotatable bonds is 14. The molecule has 204 valence electrons. The molecule has 1 aromatic carbocycles. The van der Waals surface area contributed by atoms with Crippen LogP contribution in [0.15, 0.2) is 24.3 Å². The van der Waals surface area contributed by atoms with Gasteiger partial charge in [0.15, 0.2) is 0 Å². The van der Waals surface area contributed by atoms with E-state index in [0.717, 1.165) is 43.2 Å². The molecule has 0 aromatic heterocycles. The Labute approximate surface area is 218 Å². The molecule has 1 aromatic rings. The van der Waals surface area contributed by atoms with Gasteiger partial charge < -0.3 is 20.3 Å². The Hall–Kier alpha value is -2.57. The maximum absolute atomic E-state index is 13.7. The average molecular weight is 504 g/mol. The van der Waals surface area contributed by atoms with Gasteiger partial charge in [0.25, 0.3) is 0 Å². The molecular formula is C29H49N3O4. The molecule has 0 radical (unpaired) electrons. The number of nitrogens with one attached hydrogen (secondary N) is 2. The van der Waals surface area contributed by atoms with E-state index in [1.165, 1.54) is 12.8 Å². The van der Waals surface area contributed by atoms with E-state index in [-0.39, 0.29) is 17.9 Å². The summed E-state index contributed by atoms with van der Waals surface area (Å²) in [5, 5.41) is 5.64. The standard InChI is InChI=1S/C29H49N3O4/c1-9-11-12-13-14-15-20-32(27(34)22(5)31-28(35)36-29(6,7)8)25(26(33)30-21(3)4)24-18-16-23(10-2)17-19-24/h16-19,21-22,25H,9-15,20H2,1-8H3,(H,30,33)(H,31,35). The molecule has 1 rings (SSSR count). The fourth-order valence-electron chi connectivity index (χ4n) is 4.00. The van der Waals surface area contributed by atoms with Crippen molar-refractivity contribution in [1.82, 2.24) is 15.5 Å². The number of benzene rings is 1. The highest BCUT2D eigenvalue weighted by molar-refractivity contribution is 5.92. The van der Waals surface area contributed by atoms with Crippen molar-refractivity contribution in [2.45, 2.75) is 124 Å². The molecular weight excluding hydrogens is 454 g/mol. The number of carbonyl (C=O) groups excluding carboxylic acids is 3. The lowest BCUT2D eigenvalue weighted by Gasteiger charge is -2.34. The summed E-state index contributed by atoms with van der Waals surface area (Å²) >= 11 is 0. The molecule has 7 nitrogen and oxygen atoms in total. The molecule has 0 fully saturated rings. The average Bonchev–Trinajstić information content (AvgIpc) is 2.78. The smallest absolute Gasteiger partial charge is 0.408 e. The van der Waals surface area contributed by atoms with Crippen molar-refractivity contribution < 1.29 is 19.1 Å². The Balaban J connectivity index is 3.24. The van der Waals surface area contributed by atoms with Gasteiger partial charge in [-0.3, -0.25) is 9.59 Å². The zero-order valence-corrected chi connectivity index (χ0v) is 23.8. The van der Waals surface area contributed by atoms with Crippen LogP contribution < -0.4 is 10.6 Å². The molecule has 0 aliphatic carbocycles. The van der Waals surface area contributed by atoms with Crippen molar-refractivity contribution in [3.05, 3.63) is 35.4 Å². The molecule has 7 heteroatoms. The van der Waals surface area contributed by atoms with Crippen LogP contribution in [0.2, 0.25) is 0 Å². The molecule has 0 saturated carbocycles. The zero-order valence-electron chi connectivity index (χ0n) is 23.8. The van der Waals surface area contributed by atoms with E-state index in [4.69, 9.17) is 4.74 Å². The van der Waals surface area contributed by atoms with E-state index < -0.39 is 23.8 Å². The minimum Gasteiger partial charge on any atom is -0.444 e. The Morgan fingerprint density at radius 2 is 1.47 bits per heavy atom. The summed E-state index contributed by atoms with van der Waals surface area (Å²) in [6, 6.07) is 6.15. The Kier molecular flexibility index (Phi) is 13.6. The number of hydrogen-bond acceptors (Lipinski definition) is 4. The second-order valence-electron chi connectivity index (χ2n) is 10.8. The molecule has 3 amide bonds. The fraction of sp³-hybridized carbons (Fsp3) is 0.690. The van der Waals surface area contributed by atoms with E-state index in [2.05, 4.69) is 24.5 Å².